The molecule has 1 N–H and O–H groups in total. The third-order valence-electron chi connectivity index (χ3n) is 4.87. The standard InChI is InChI=1S/C21H21N3O2/c1-25-19-11-16-10-18(15-4-3-7-23-13-15)24-21(14-5-8-22-9-6-14)17(16)12-20(19)26-2/h3-9,11-13,18,21,24H,10H2,1-2H3/t18-,21-/m0/s1. The monoisotopic (exact) mass is 347 g/mol. The summed E-state index contributed by atoms with van der Waals surface area (Å²) in [7, 11) is 3.34. The highest BCUT2D eigenvalue weighted by atomic mass is 16.5. The lowest BCUT2D eigenvalue weighted by Crippen LogP contribution is -2.34. The first-order valence-corrected chi connectivity index (χ1v) is 8.61. The van der Waals surface area contributed by atoms with Crippen LogP contribution in [0.4, 0.5) is 0 Å². The average Bonchev–Trinajstić information content (AvgIpc) is 2.73. The lowest BCUT2D eigenvalue weighted by molar-refractivity contribution is 0.351. The Morgan fingerprint density at radius 3 is 2.38 bits per heavy atom. The molecule has 1 aliphatic rings. The van der Waals surface area contributed by atoms with Crippen LogP contribution < -0.4 is 14.8 Å². The van der Waals surface area contributed by atoms with Crippen LogP contribution in [0.15, 0.2) is 61.2 Å². The maximum atomic E-state index is 5.52. The summed E-state index contributed by atoms with van der Waals surface area (Å²) in [4.78, 5) is 8.43. The van der Waals surface area contributed by atoms with Crippen molar-refractivity contribution in [1.29, 1.82) is 0 Å². The van der Waals surface area contributed by atoms with Crippen molar-refractivity contribution in [2.75, 3.05) is 14.2 Å². The molecular weight excluding hydrogens is 326 g/mol. The summed E-state index contributed by atoms with van der Waals surface area (Å²) in [5.41, 5.74) is 4.79. The zero-order chi connectivity index (χ0) is 17.9. The van der Waals surface area contributed by atoms with Crippen LogP contribution >= 0.6 is 0 Å². The second-order valence-electron chi connectivity index (χ2n) is 6.33. The third-order valence-corrected chi connectivity index (χ3v) is 4.87. The van der Waals surface area contributed by atoms with Gasteiger partial charge in [-0.05, 0) is 59.0 Å². The molecule has 0 aliphatic carbocycles. The fraction of sp³-hybridized carbons (Fsp3) is 0.238. The minimum absolute atomic E-state index is 0.0479. The number of fused-ring (bicyclic) bond motifs is 1. The molecule has 5 nitrogen and oxygen atoms in total. The van der Waals surface area contributed by atoms with Gasteiger partial charge in [-0.1, -0.05) is 6.07 Å². The van der Waals surface area contributed by atoms with Crippen molar-refractivity contribution in [3.63, 3.8) is 0 Å². The number of nitrogens with zero attached hydrogens (tertiary/aromatic N) is 2. The van der Waals surface area contributed by atoms with Gasteiger partial charge in [0, 0.05) is 30.8 Å². The smallest absolute Gasteiger partial charge is 0.161 e. The quantitative estimate of drug-likeness (QED) is 0.783. The maximum absolute atomic E-state index is 5.52. The molecule has 0 spiro atoms. The normalized spacial score (nSPS) is 18.8. The Labute approximate surface area is 153 Å². The van der Waals surface area contributed by atoms with E-state index in [0.717, 1.165) is 17.9 Å². The minimum Gasteiger partial charge on any atom is -0.493 e. The van der Waals surface area contributed by atoms with Crippen molar-refractivity contribution in [3.05, 3.63) is 83.4 Å². The number of hydrogen-bond acceptors (Lipinski definition) is 5. The van der Waals surface area contributed by atoms with Crippen molar-refractivity contribution in [2.45, 2.75) is 18.5 Å². The van der Waals surface area contributed by atoms with Crippen LogP contribution in [0.1, 0.15) is 34.3 Å². The molecule has 3 aromatic rings. The molecule has 2 atom stereocenters. The van der Waals surface area contributed by atoms with Crippen LogP contribution in [0, 0.1) is 0 Å². The molecule has 0 bridgehead atoms. The molecule has 0 saturated heterocycles. The summed E-state index contributed by atoms with van der Waals surface area (Å²) in [5.74, 6) is 1.50. The Morgan fingerprint density at radius 1 is 0.923 bits per heavy atom. The van der Waals surface area contributed by atoms with E-state index in [1.807, 2.05) is 36.8 Å². The van der Waals surface area contributed by atoms with Gasteiger partial charge in [0.1, 0.15) is 0 Å². The van der Waals surface area contributed by atoms with Gasteiger partial charge in [-0.2, -0.15) is 0 Å². The summed E-state index contributed by atoms with van der Waals surface area (Å²) >= 11 is 0. The Hall–Kier alpha value is -2.92. The number of pyridine rings is 2. The summed E-state index contributed by atoms with van der Waals surface area (Å²) in [6.07, 6.45) is 8.24. The highest BCUT2D eigenvalue weighted by Crippen LogP contribution is 2.41. The van der Waals surface area contributed by atoms with E-state index in [9.17, 15) is 0 Å². The number of hydrogen-bond donors (Lipinski definition) is 1. The molecule has 3 heterocycles. The van der Waals surface area contributed by atoms with E-state index in [-0.39, 0.29) is 12.1 Å². The van der Waals surface area contributed by atoms with Crippen molar-refractivity contribution >= 4 is 0 Å². The molecule has 1 aliphatic heterocycles. The largest absolute Gasteiger partial charge is 0.493 e. The molecule has 4 rings (SSSR count). The van der Waals surface area contributed by atoms with E-state index >= 15 is 0 Å². The van der Waals surface area contributed by atoms with E-state index in [4.69, 9.17) is 9.47 Å². The van der Waals surface area contributed by atoms with Gasteiger partial charge in [0.25, 0.3) is 0 Å². The molecule has 132 valence electrons. The number of nitrogens with one attached hydrogen (secondary N) is 1. The summed E-state index contributed by atoms with van der Waals surface area (Å²) in [6.45, 7) is 0. The van der Waals surface area contributed by atoms with Gasteiger partial charge < -0.3 is 9.47 Å². The van der Waals surface area contributed by atoms with Gasteiger partial charge in [-0.3, -0.25) is 15.3 Å². The lowest BCUT2D eigenvalue weighted by atomic mass is 9.84. The topological polar surface area (TPSA) is 56.3 Å². The maximum Gasteiger partial charge on any atom is 0.161 e. The summed E-state index contributed by atoms with van der Waals surface area (Å²) in [6, 6.07) is 12.6. The van der Waals surface area contributed by atoms with Crippen LogP contribution in [0.2, 0.25) is 0 Å². The van der Waals surface area contributed by atoms with Crippen LogP contribution in [-0.4, -0.2) is 24.2 Å². The minimum atomic E-state index is 0.0479. The van der Waals surface area contributed by atoms with Crippen molar-refractivity contribution in [2.24, 2.45) is 0 Å². The second kappa shape index (κ2) is 7.14. The van der Waals surface area contributed by atoms with E-state index in [0.29, 0.717) is 0 Å². The molecule has 0 saturated carbocycles. The summed E-state index contributed by atoms with van der Waals surface area (Å²) < 4.78 is 11.0. The highest BCUT2D eigenvalue weighted by Gasteiger charge is 2.30. The number of ether oxygens (including phenoxy) is 2. The molecule has 0 fully saturated rings. The Kier molecular flexibility index (Phi) is 4.54. The number of aromatic nitrogens is 2. The Bertz CT molecular complexity index is 885. The van der Waals surface area contributed by atoms with Crippen LogP contribution in [0.5, 0.6) is 11.5 Å². The molecule has 1 aromatic carbocycles. The molecule has 0 unspecified atom stereocenters. The number of methoxy groups -OCH3 is 2. The van der Waals surface area contributed by atoms with Crippen molar-refractivity contribution < 1.29 is 9.47 Å². The highest BCUT2D eigenvalue weighted by molar-refractivity contribution is 5.52. The predicted octanol–water partition coefficient (Wildman–Crippen LogP) is 3.47. The van der Waals surface area contributed by atoms with E-state index in [2.05, 4.69) is 33.5 Å². The fourth-order valence-corrected chi connectivity index (χ4v) is 3.58. The van der Waals surface area contributed by atoms with E-state index in [1.165, 1.54) is 22.3 Å². The average molecular weight is 347 g/mol. The van der Waals surface area contributed by atoms with Crippen LogP contribution in [0.3, 0.4) is 0 Å². The van der Waals surface area contributed by atoms with Gasteiger partial charge >= 0.3 is 0 Å². The number of rotatable bonds is 4. The van der Waals surface area contributed by atoms with Gasteiger partial charge in [0.15, 0.2) is 11.5 Å². The van der Waals surface area contributed by atoms with Crippen molar-refractivity contribution in [1.82, 2.24) is 15.3 Å². The van der Waals surface area contributed by atoms with Gasteiger partial charge in [0.05, 0.1) is 20.3 Å². The molecule has 5 heteroatoms. The summed E-state index contributed by atoms with van der Waals surface area (Å²) in [5, 5.41) is 3.77. The first kappa shape index (κ1) is 16.5. The number of benzene rings is 1. The molecule has 0 radical (unpaired) electrons. The molecule has 2 aromatic heterocycles. The predicted molar refractivity (Wildman–Crippen MR) is 99.4 cm³/mol. The molecular formula is C21H21N3O2. The first-order valence-electron chi connectivity index (χ1n) is 8.61. The van der Waals surface area contributed by atoms with E-state index < -0.39 is 0 Å². The van der Waals surface area contributed by atoms with Crippen LogP contribution in [-0.2, 0) is 6.42 Å². The fourth-order valence-electron chi connectivity index (χ4n) is 3.58. The van der Waals surface area contributed by atoms with Gasteiger partial charge in [0.2, 0.25) is 0 Å². The third kappa shape index (κ3) is 3.02. The zero-order valence-corrected chi connectivity index (χ0v) is 14.8. The SMILES string of the molecule is COc1cc2c(cc1OC)[C@H](c1ccncc1)N[C@H](c1cccnc1)C2. The van der Waals surface area contributed by atoms with Crippen molar-refractivity contribution in [3.8, 4) is 11.5 Å². The molecule has 26 heavy (non-hydrogen) atoms. The molecule has 0 amide bonds. The Balaban J connectivity index is 1.83. The second-order valence-corrected chi connectivity index (χ2v) is 6.33. The van der Waals surface area contributed by atoms with Gasteiger partial charge in [-0.25, -0.2) is 0 Å². The zero-order valence-electron chi connectivity index (χ0n) is 14.8. The lowest BCUT2D eigenvalue weighted by Gasteiger charge is -2.34. The van der Waals surface area contributed by atoms with Crippen LogP contribution in [0.25, 0.3) is 0 Å². The van der Waals surface area contributed by atoms with Gasteiger partial charge in [-0.15, -0.1) is 0 Å². The van der Waals surface area contributed by atoms with E-state index in [1.54, 1.807) is 20.4 Å². The Morgan fingerprint density at radius 2 is 1.69 bits per heavy atom. The first-order chi connectivity index (χ1) is 12.8.